The van der Waals surface area contributed by atoms with E-state index in [1.165, 1.54) is 21.6 Å². The van der Waals surface area contributed by atoms with Crippen LogP contribution in [-0.4, -0.2) is 4.98 Å². The zero-order valence-electron chi connectivity index (χ0n) is 11.3. The number of thiazole rings is 1. The molecule has 4 heteroatoms. The van der Waals surface area contributed by atoms with Gasteiger partial charge in [0.1, 0.15) is 0 Å². The number of hydrogen-bond donors (Lipinski definition) is 1. The quantitative estimate of drug-likeness (QED) is 0.936. The topological polar surface area (TPSA) is 48.1 Å². The maximum Gasteiger partial charge on any atom is 0.0949 e. The molecule has 1 aliphatic rings. The standard InChI is InChI=1S/C15H18N2OS/c1-9-10(2)19-15(17-9)6-14(16)11-3-4-12-7-18-8-13(12)5-11/h3-5,14H,6-8,16H2,1-2H3. The third kappa shape index (κ3) is 2.56. The Hall–Kier alpha value is -1.23. The summed E-state index contributed by atoms with van der Waals surface area (Å²) in [6.45, 7) is 5.60. The van der Waals surface area contributed by atoms with Crippen molar-refractivity contribution in [3.8, 4) is 0 Å². The Morgan fingerprint density at radius 1 is 1.32 bits per heavy atom. The molecule has 1 aromatic carbocycles. The minimum Gasteiger partial charge on any atom is -0.372 e. The molecule has 0 amide bonds. The Balaban J connectivity index is 1.78. The predicted molar refractivity (Wildman–Crippen MR) is 77.2 cm³/mol. The summed E-state index contributed by atoms with van der Waals surface area (Å²) in [7, 11) is 0. The molecule has 2 aromatic rings. The van der Waals surface area contributed by atoms with Crippen LogP contribution in [0.1, 0.15) is 38.3 Å². The Bertz CT molecular complexity index is 587. The van der Waals surface area contributed by atoms with Crippen LogP contribution in [0.5, 0.6) is 0 Å². The van der Waals surface area contributed by atoms with E-state index in [9.17, 15) is 0 Å². The second-order valence-electron chi connectivity index (χ2n) is 5.08. The summed E-state index contributed by atoms with van der Waals surface area (Å²) in [5.74, 6) is 0. The molecule has 0 spiro atoms. The summed E-state index contributed by atoms with van der Waals surface area (Å²) >= 11 is 1.75. The first-order valence-electron chi connectivity index (χ1n) is 6.51. The number of aromatic nitrogens is 1. The van der Waals surface area contributed by atoms with Gasteiger partial charge in [-0.05, 0) is 30.5 Å². The van der Waals surface area contributed by atoms with Gasteiger partial charge in [-0.3, -0.25) is 0 Å². The number of ether oxygens (including phenoxy) is 1. The molecule has 19 heavy (non-hydrogen) atoms. The SMILES string of the molecule is Cc1nc(CC(N)c2ccc3c(c2)COC3)sc1C. The molecule has 0 bridgehead atoms. The molecular formula is C15H18N2OS. The van der Waals surface area contributed by atoms with E-state index in [0.29, 0.717) is 6.61 Å². The van der Waals surface area contributed by atoms with Gasteiger partial charge in [-0.25, -0.2) is 4.98 Å². The van der Waals surface area contributed by atoms with E-state index in [2.05, 4.69) is 30.1 Å². The van der Waals surface area contributed by atoms with E-state index in [4.69, 9.17) is 10.5 Å². The van der Waals surface area contributed by atoms with Crippen molar-refractivity contribution < 1.29 is 4.74 Å². The lowest BCUT2D eigenvalue weighted by atomic mass is 10.00. The summed E-state index contributed by atoms with van der Waals surface area (Å²) in [6, 6.07) is 6.44. The van der Waals surface area contributed by atoms with Crippen LogP contribution in [0.25, 0.3) is 0 Å². The average molecular weight is 274 g/mol. The van der Waals surface area contributed by atoms with Gasteiger partial charge in [0.15, 0.2) is 0 Å². The van der Waals surface area contributed by atoms with Gasteiger partial charge >= 0.3 is 0 Å². The van der Waals surface area contributed by atoms with Crippen LogP contribution >= 0.6 is 11.3 Å². The Morgan fingerprint density at radius 2 is 2.11 bits per heavy atom. The van der Waals surface area contributed by atoms with Crippen LogP contribution in [0.3, 0.4) is 0 Å². The second-order valence-corrected chi connectivity index (χ2v) is 6.37. The van der Waals surface area contributed by atoms with Gasteiger partial charge in [-0.1, -0.05) is 18.2 Å². The predicted octanol–water partition coefficient (Wildman–Crippen LogP) is 3.03. The van der Waals surface area contributed by atoms with Crippen molar-refractivity contribution in [3.63, 3.8) is 0 Å². The van der Waals surface area contributed by atoms with Gasteiger partial charge in [-0.2, -0.15) is 0 Å². The number of benzene rings is 1. The van der Waals surface area contributed by atoms with Gasteiger partial charge in [0.25, 0.3) is 0 Å². The number of nitrogens with zero attached hydrogens (tertiary/aromatic N) is 1. The van der Waals surface area contributed by atoms with E-state index in [0.717, 1.165) is 23.7 Å². The van der Waals surface area contributed by atoms with Crippen molar-refractivity contribution in [2.24, 2.45) is 5.73 Å². The Morgan fingerprint density at radius 3 is 2.84 bits per heavy atom. The fourth-order valence-corrected chi connectivity index (χ4v) is 3.35. The minimum absolute atomic E-state index is 0.0100. The van der Waals surface area contributed by atoms with Gasteiger partial charge in [0, 0.05) is 17.3 Å². The molecule has 100 valence electrons. The number of aryl methyl sites for hydroxylation is 2. The second kappa shape index (κ2) is 5.04. The maximum atomic E-state index is 6.31. The highest BCUT2D eigenvalue weighted by molar-refractivity contribution is 7.11. The molecule has 0 aliphatic carbocycles. The molecule has 2 heterocycles. The normalized spacial score (nSPS) is 15.5. The summed E-state index contributed by atoms with van der Waals surface area (Å²) < 4.78 is 5.44. The molecular weight excluding hydrogens is 256 g/mol. The van der Waals surface area contributed by atoms with E-state index < -0.39 is 0 Å². The van der Waals surface area contributed by atoms with Crippen LogP contribution in [-0.2, 0) is 24.4 Å². The average Bonchev–Trinajstić information content (AvgIpc) is 2.96. The highest BCUT2D eigenvalue weighted by atomic mass is 32.1. The number of hydrogen-bond acceptors (Lipinski definition) is 4. The summed E-state index contributed by atoms with van der Waals surface area (Å²) in [5.41, 5.74) is 11.2. The van der Waals surface area contributed by atoms with E-state index in [1.807, 2.05) is 6.92 Å². The van der Waals surface area contributed by atoms with Crippen molar-refractivity contribution in [3.05, 3.63) is 50.5 Å². The number of nitrogens with two attached hydrogens (primary N) is 1. The van der Waals surface area contributed by atoms with Crippen molar-refractivity contribution >= 4 is 11.3 Å². The zero-order valence-corrected chi connectivity index (χ0v) is 12.1. The zero-order chi connectivity index (χ0) is 13.4. The molecule has 0 fully saturated rings. The molecule has 3 nitrogen and oxygen atoms in total. The van der Waals surface area contributed by atoms with Crippen molar-refractivity contribution in [2.75, 3.05) is 0 Å². The van der Waals surface area contributed by atoms with Gasteiger partial charge in [0.2, 0.25) is 0 Å². The third-order valence-corrected chi connectivity index (χ3v) is 4.74. The summed E-state index contributed by atoms with van der Waals surface area (Å²) in [6.07, 6.45) is 0.805. The molecule has 1 aliphatic heterocycles. The van der Waals surface area contributed by atoms with Gasteiger partial charge in [-0.15, -0.1) is 11.3 Å². The molecule has 1 atom stereocenters. The lowest BCUT2D eigenvalue weighted by Gasteiger charge is -2.11. The molecule has 1 unspecified atom stereocenters. The fourth-order valence-electron chi connectivity index (χ4n) is 2.36. The van der Waals surface area contributed by atoms with Crippen molar-refractivity contribution in [2.45, 2.75) is 39.5 Å². The first kappa shape index (κ1) is 12.8. The van der Waals surface area contributed by atoms with Crippen molar-refractivity contribution in [1.29, 1.82) is 0 Å². The Labute approximate surface area is 117 Å². The molecule has 3 rings (SSSR count). The van der Waals surface area contributed by atoms with Gasteiger partial charge < -0.3 is 10.5 Å². The minimum atomic E-state index is 0.0100. The Kier molecular flexibility index (Phi) is 3.39. The fraction of sp³-hybridized carbons (Fsp3) is 0.400. The first-order chi connectivity index (χ1) is 9.13. The highest BCUT2D eigenvalue weighted by Gasteiger charge is 2.15. The molecule has 0 radical (unpaired) electrons. The monoisotopic (exact) mass is 274 g/mol. The summed E-state index contributed by atoms with van der Waals surface area (Å²) in [5, 5.41) is 1.12. The lowest BCUT2D eigenvalue weighted by Crippen LogP contribution is -2.13. The maximum absolute atomic E-state index is 6.31. The molecule has 1 aromatic heterocycles. The van der Waals surface area contributed by atoms with E-state index >= 15 is 0 Å². The molecule has 0 saturated heterocycles. The van der Waals surface area contributed by atoms with Crippen LogP contribution in [0.4, 0.5) is 0 Å². The van der Waals surface area contributed by atoms with Crippen LogP contribution in [0.2, 0.25) is 0 Å². The van der Waals surface area contributed by atoms with Gasteiger partial charge in [0.05, 0.1) is 23.9 Å². The molecule has 0 saturated carbocycles. The van der Waals surface area contributed by atoms with Crippen molar-refractivity contribution in [1.82, 2.24) is 4.98 Å². The number of rotatable bonds is 3. The van der Waals surface area contributed by atoms with E-state index in [1.54, 1.807) is 11.3 Å². The molecule has 2 N–H and O–H groups in total. The van der Waals surface area contributed by atoms with Crippen LogP contribution < -0.4 is 5.73 Å². The lowest BCUT2D eigenvalue weighted by molar-refractivity contribution is 0.134. The van der Waals surface area contributed by atoms with E-state index in [-0.39, 0.29) is 6.04 Å². The van der Waals surface area contributed by atoms with Crippen LogP contribution in [0.15, 0.2) is 18.2 Å². The third-order valence-electron chi connectivity index (χ3n) is 3.64. The smallest absolute Gasteiger partial charge is 0.0949 e. The highest BCUT2D eigenvalue weighted by Crippen LogP contribution is 2.26. The summed E-state index contributed by atoms with van der Waals surface area (Å²) in [4.78, 5) is 5.84. The number of fused-ring (bicyclic) bond motifs is 1. The first-order valence-corrected chi connectivity index (χ1v) is 7.33. The van der Waals surface area contributed by atoms with Crippen LogP contribution in [0, 0.1) is 13.8 Å². The largest absolute Gasteiger partial charge is 0.372 e.